The predicted octanol–water partition coefficient (Wildman–Crippen LogP) is 3.70. The molecule has 82 valence electrons. The lowest BCUT2D eigenvalue weighted by Gasteiger charge is -2.32. The Kier molecular flexibility index (Phi) is 5.18. The third-order valence-electron chi connectivity index (χ3n) is 3.24. The van der Waals surface area contributed by atoms with Crippen LogP contribution in [0.4, 0.5) is 0 Å². The number of nitrogens with one attached hydrogen (secondary N) is 1. The van der Waals surface area contributed by atoms with Gasteiger partial charge in [-0.25, -0.2) is 0 Å². The zero-order valence-corrected chi connectivity index (χ0v) is 10.9. The summed E-state index contributed by atoms with van der Waals surface area (Å²) in [5.41, 5.74) is 0. The van der Waals surface area contributed by atoms with Crippen LogP contribution in [0.15, 0.2) is 11.1 Å². The van der Waals surface area contributed by atoms with E-state index in [9.17, 15) is 0 Å². The van der Waals surface area contributed by atoms with Crippen molar-refractivity contribution in [3.05, 3.63) is 11.1 Å². The van der Waals surface area contributed by atoms with Crippen LogP contribution >= 0.6 is 15.9 Å². The van der Waals surface area contributed by atoms with Crippen molar-refractivity contribution >= 4 is 15.9 Å². The molecule has 1 fully saturated rings. The standard InChI is InChI=1S/C12H22BrN/c1-9(2)11-5-4-6-12(7-11)14-8-10(3)13/h9,11-12,14H,3-8H2,1-2H3. The first-order valence-corrected chi connectivity index (χ1v) is 6.45. The van der Waals surface area contributed by atoms with E-state index in [1.807, 2.05) is 0 Å². The molecule has 1 nitrogen and oxygen atoms in total. The van der Waals surface area contributed by atoms with E-state index < -0.39 is 0 Å². The SMILES string of the molecule is C=C(Br)CNC1CCCC(C(C)C)C1. The normalized spacial score (nSPS) is 28.0. The molecule has 1 aliphatic rings. The quantitative estimate of drug-likeness (QED) is 0.812. The van der Waals surface area contributed by atoms with Crippen molar-refractivity contribution in [1.82, 2.24) is 5.32 Å². The Hall–Kier alpha value is 0.180. The molecule has 1 aliphatic carbocycles. The van der Waals surface area contributed by atoms with Gasteiger partial charge in [-0.2, -0.15) is 0 Å². The van der Waals surface area contributed by atoms with Crippen LogP contribution in [0.25, 0.3) is 0 Å². The van der Waals surface area contributed by atoms with Crippen molar-refractivity contribution in [2.24, 2.45) is 11.8 Å². The largest absolute Gasteiger partial charge is 0.309 e. The number of hydrogen-bond donors (Lipinski definition) is 1. The van der Waals surface area contributed by atoms with Gasteiger partial charge in [0, 0.05) is 17.1 Å². The fraction of sp³-hybridized carbons (Fsp3) is 0.833. The summed E-state index contributed by atoms with van der Waals surface area (Å²) < 4.78 is 1.06. The van der Waals surface area contributed by atoms with Gasteiger partial charge >= 0.3 is 0 Å². The highest BCUT2D eigenvalue weighted by atomic mass is 79.9. The maximum absolute atomic E-state index is 3.85. The zero-order valence-electron chi connectivity index (χ0n) is 9.35. The van der Waals surface area contributed by atoms with E-state index in [0.29, 0.717) is 6.04 Å². The van der Waals surface area contributed by atoms with Crippen LogP contribution < -0.4 is 5.32 Å². The molecule has 0 amide bonds. The van der Waals surface area contributed by atoms with Gasteiger partial charge in [0.2, 0.25) is 0 Å². The summed E-state index contributed by atoms with van der Waals surface area (Å²) >= 11 is 3.39. The Morgan fingerprint density at radius 2 is 2.21 bits per heavy atom. The van der Waals surface area contributed by atoms with E-state index in [2.05, 4.69) is 41.7 Å². The molecule has 2 unspecified atom stereocenters. The Balaban J connectivity index is 2.29. The molecule has 14 heavy (non-hydrogen) atoms. The third-order valence-corrected chi connectivity index (χ3v) is 3.52. The molecule has 0 spiro atoms. The molecule has 0 aromatic carbocycles. The highest BCUT2D eigenvalue weighted by Gasteiger charge is 2.23. The lowest BCUT2D eigenvalue weighted by molar-refractivity contribution is 0.235. The molecule has 0 saturated heterocycles. The lowest BCUT2D eigenvalue weighted by Crippen LogP contribution is -2.36. The number of hydrogen-bond acceptors (Lipinski definition) is 1. The molecule has 0 heterocycles. The van der Waals surface area contributed by atoms with Gasteiger partial charge in [0.15, 0.2) is 0 Å². The van der Waals surface area contributed by atoms with E-state index in [4.69, 9.17) is 0 Å². The molecule has 0 aliphatic heterocycles. The van der Waals surface area contributed by atoms with Gasteiger partial charge < -0.3 is 5.32 Å². The van der Waals surface area contributed by atoms with Crippen molar-refractivity contribution < 1.29 is 0 Å². The van der Waals surface area contributed by atoms with E-state index >= 15 is 0 Å². The van der Waals surface area contributed by atoms with Crippen molar-refractivity contribution in [2.45, 2.75) is 45.6 Å². The van der Waals surface area contributed by atoms with Crippen LogP contribution in [-0.4, -0.2) is 12.6 Å². The van der Waals surface area contributed by atoms with Crippen LogP contribution in [-0.2, 0) is 0 Å². The average Bonchev–Trinajstić information content (AvgIpc) is 2.15. The van der Waals surface area contributed by atoms with Crippen molar-refractivity contribution in [3.8, 4) is 0 Å². The van der Waals surface area contributed by atoms with Crippen molar-refractivity contribution in [1.29, 1.82) is 0 Å². The Morgan fingerprint density at radius 1 is 1.50 bits per heavy atom. The first kappa shape index (κ1) is 12.3. The molecular formula is C12H22BrN. The van der Waals surface area contributed by atoms with Crippen LogP contribution in [0.3, 0.4) is 0 Å². The fourth-order valence-corrected chi connectivity index (χ4v) is 2.44. The van der Waals surface area contributed by atoms with Gasteiger partial charge in [0.05, 0.1) is 0 Å². The third kappa shape index (κ3) is 4.14. The topological polar surface area (TPSA) is 12.0 Å². The highest BCUT2D eigenvalue weighted by molar-refractivity contribution is 9.11. The summed E-state index contributed by atoms with van der Waals surface area (Å²) in [6.07, 6.45) is 5.49. The smallest absolute Gasteiger partial charge is 0.0268 e. The minimum absolute atomic E-state index is 0.713. The predicted molar refractivity (Wildman–Crippen MR) is 66.7 cm³/mol. The molecule has 0 aromatic heterocycles. The lowest BCUT2D eigenvalue weighted by atomic mass is 9.79. The summed E-state index contributed by atoms with van der Waals surface area (Å²) in [5, 5.41) is 3.56. The monoisotopic (exact) mass is 259 g/mol. The second-order valence-corrected chi connectivity index (χ2v) is 5.89. The van der Waals surface area contributed by atoms with Gasteiger partial charge in [-0.15, -0.1) is 0 Å². The van der Waals surface area contributed by atoms with Gasteiger partial charge in [0.25, 0.3) is 0 Å². The van der Waals surface area contributed by atoms with Crippen LogP contribution in [0.2, 0.25) is 0 Å². The molecule has 2 heteroatoms. The summed E-state index contributed by atoms with van der Waals surface area (Å²) in [7, 11) is 0. The first-order valence-electron chi connectivity index (χ1n) is 5.66. The van der Waals surface area contributed by atoms with Gasteiger partial charge in [0.1, 0.15) is 0 Å². The summed E-state index contributed by atoms with van der Waals surface area (Å²) in [6.45, 7) is 9.45. The van der Waals surface area contributed by atoms with Gasteiger partial charge in [-0.1, -0.05) is 49.2 Å². The van der Waals surface area contributed by atoms with E-state index in [1.165, 1.54) is 25.7 Å². The van der Waals surface area contributed by atoms with E-state index in [0.717, 1.165) is 22.9 Å². The second kappa shape index (κ2) is 5.92. The Morgan fingerprint density at radius 3 is 2.79 bits per heavy atom. The highest BCUT2D eigenvalue weighted by Crippen LogP contribution is 2.29. The minimum atomic E-state index is 0.713. The van der Waals surface area contributed by atoms with E-state index in [1.54, 1.807) is 0 Å². The van der Waals surface area contributed by atoms with Crippen LogP contribution in [0.1, 0.15) is 39.5 Å². The van der Waals surface area contributed by atoms with Gasteiger partial charge in [-0.05, 0) is 24.7 Å². The summed E-state index contributed by atoms with van der Waals surface area (Å²) in [6, 6.07) is 0.713. The molecule has 1 rings (SSSR count). The zero-order chi connectivity index (χ0) is 10.6. The molecular weight excluding hydrogens is 238 g/mol. The molecule has 0 bridgehead atoms. The van der Waals surface area contributed by atoms with Crippen molar-refractivity contribution in [2.75, 3.05) is 6.54 Å². The average molecular weight is 260 g/mol. The fourth-order valence-electron chi connectivity index (χ4n) is 2.27. The van der Waals surface area contributed by atoms with Crippen LogP contribution in [0.5, 0.6) is 0 Å². The first-order chi connectivity index (χ1) is 6.59. The minimum Gasteiger partial charge on any atom is -0.309 e. The van der Waals surface area contributed by atoms with E-state index in [-0.39, 0.29) is 0 Å². The Labute approximate surface area is 96.5 Å². The molecule has 1 saturated carbocycles. The number of rotatable bonds is 4. The molecule has 0 aromatic rings. The number of halogens is 1. The van der Waals surface area contributed by atoms with Gasteiger partial charge in [-0.3, -0.25) is 0 Å². The molecule has 1 N–H and O–H groups in total. The summed E-state index contributed by atoms with van der Waals surface area (Å²) in [5.74, 6) is 1.76. The Bertz CT molecular complexity index is 189. The second-order valence-electron chi connectivity index (χ2n) is 4.77. The maximum Gasteiger partial charge on any atom is 0.0268 e. The maximum atomic E-state index is 3.85. The summed E-state index contributed by atoms with van der Waals surface area (Å²) in [4.78, 5) is 0. The molecule has 2 atom stereocenters. The van der Waals surface area contributed by atoms with Crippen LogP contribution in [0, 0.1) is 11.8 Å². The molecule has 0 radical (unpaired) electrons. The van der Waals surface area contributed by atoms with Crippen molar-refractivity contribution in [3.63, 3.8) is 0 Å².